The molecular formula is C60H63N4O11P. The number of carbonyl (C=O) groups is 7. The highest BCUT2D eigenvalue weighted by Crippen LogP contribution is 2.51. The summed E-state index contributed by atoms with van der Waals surface area (Å²) < 4.78 is 20.8. The Bertz CT molecular complexity index is 3000. The Balaban J connectivity index is 0.000000254. The molecule has 3 heterocycles. The number of ether oxygens (including phenoxy) is 4. The lowest BCUT2D eigenvalue weighted by atomic mass is 9.76. The quantitative estimate of drug-likeness (QED) is 0.0192. The number of nitrogens with two attached hydrogens (primary N) is 2. The minimum absolute atomic E-state index is 0.0351. The summed E-state index contributed by atoms with van der Waals surface area (Å²) in [6.07, 6.45) is 1.76. The first-order chi connectivity index (χ1) is 36.5. The van der Waals surface area contributed by atoms with Gasteiger partial charge in [0.1, 0.15) is 37.5 Å². The van der Waals surface area contributed by atoms with E-state index in [2.05, 4.69) is 13.2 Å². The second-order valence-corrected chi connectivity index (χ2v) is 22.5. The molecule has 0 saturated carbocycles. The van der Waals surface area contributed by atoms with Gasteiger partial charge in [-0.3, -0.25) is 14.4 Å². The molecule has 4 N–H and O–H groups in total. The van der Waals surface area contributed by atoms with Crippen LogP contribution in [0.25, 0.3) is 5.57 Å². The zero-order valence-electron chi connectivity index (χ0n) is 43.0. The molecule has 16 heteroatoms. The summed E-state index contributed by atoms with van der Waals surface area (Å²) in [4.78, 5) is 93.5. The van der Waals surface area contributed by atoms with Gasteiger partial charge in [0.25, 0.3) is 0 Å². The van der Waals surface area contributed by atoms with E-state index in [1.54, 1.807) is 40.1 Å². The van der Waals surface area contributed by atoms with Gasteiger partial charge in [0, 0.05) is 18.9 Å². The molecule has 2 fully saturated rings. The number of likely N-dealkylation sites (tertiary alicyclic amines) is 1. The lowest BCUT2D eigenvalue weighted by Gasteiger charge is -2.51. The van der Waals surface area contributed by atoms with Crippen molar-refractivity contribution >= 4 is 75.5 Å². The fraction of sp³-hybridized carbons (Fsp3) is 0.267. The van der Waals surface area contributed by atoms with Crippen molar-refractivity contribution in [2.45, 2.75) is 65.8 Å². The number of benzene rings is 5. The van der Waals surface area contributed by atoms with Gasteiger partial charge >= 0.3 is 24.1 Å². The number of β-lactam (4-membered cyclic amide) rings is 2. The maximum Gasteiger partial charge on any atom is 0.404 e. The summed E-state index contributed by atoms with van der Waals surface area (Å²) in [5, 5.41) is 2.59. The van der Waals surface area contributed by atoms with E-state index in [4.69, 9.17) is 30.4 Å². The molecule has 0 radical (unpaired) electrons. The average Bonchev–Trinajstić information content (AvgIpc) is 3.80. The first kappa shape index (κ1) is 55.5. The Morgan fingerprint density at radius 1 is 0.632 bits per heavy atom. The number of esters is 2. The molecule has 4 atom stereocenters. The number of nitrogens with zero attached hydrogens (tertiary/aromatic N) is 2. The van der Waals surface area contributed by atoms with Crippen molar-refractivity contribution in [2.24, 2.45) is 35.1 Å². The van der Waals surface area contributed by atoms with Gasteiger partial charge in [0.2, 0.25) is 11.8 Å². The summed E-state index contributed by atoms with van der Waals surface area (Å²) in [6.45, 7) is 12.1. The Morgan fingerprint density at radius 2 is 1.13 bits per heavy atom. The zero-order chi connectivity index (χ0) is 54.7. The number of primary amides is 2. The van der Waals surface area contributed by atoms with Gasteiger partial charge in [-0.05, 0) is 68.6 Å². The standard InChI is InChI=1S/C39H39N2O6P.C21H24N2O5/c1-4-23-46-38(44)37(48(30-17-8-5-9-18-30,31-19-10-6-11-20-31)32-21-12-7-13-22-32)41-33(35(27(2)3)36(41)43)25-34(42)29-16-14-15-28(24-29)26-47-39(40)45;1-4-8-27-20(25)18-15(10-16-17(12(2)3)19(24)23(16)18)14-7-5-6-13(9-14)11-28-21(22)26/h4-22,24,27,33,35H,1,23,25-26H2,2-3H3,(H2,40,45);4-7,9,12,16-17H,1,8,10-11H2,2-3H3,(H2,22,26)/t33-,35-;16-,17-/m11/s1. The summed E-state index contributed by atoms with van der Waals surface area (Å²) in [5.41, 5.74) is 14.0. The molecule has 3 aliphatic heterocycles. The van der Waals surface area contributed by atoms with Crippen molar-refractivity contribution < 1.29 is 52.5 Å². The van der Waals surface area contributed by atoms with Crippen molar-refractivity contribution in [3.05, 3.63) is 193 Å². The van der Waals surface area contributed by atoms with Crippen LogP contribution in [0.1, 0.15) is 67.6 Å². The van der Waals surface area contributed by atoms with E-state index in [1.165, 1.54) is 12.2 Å². The third-order valence-corrected chi connectivity index (χ3v) is 17.9. The van der Waals surface area contributed by atoms with Crippen LogP contribution in [0.15, 0.2) is 171 Å². The molecular weight excluding hydrogens is 984 g/mol. The highest BCUT2D eigenvalue weighted by Gasteiger charge is 2.57. The van der Waals surface area contributed by atoms with Crippen LogP contribution in [0.5, 0.6) is 0 Å². The number of rotatable bonds is 20. The summed E-state index contributed by atoms with van der Waals surface area (Å²) in [6, 6.07) is 42.6. The van der Waals surface area contributed by atoms with Gasteiger partial charge < -0.3 is 40.2 Å². The van der Waals surface area contributed by atoms with E-state index in [9.17, 15) is 33.6 Å². The second-order valence-electron chi connectivity index (χ2n) is 19.1. The molecule has 0 aliphatic carbocycles. The predicted octanol–water partition coefficient (Wildman–Crippen LogP) is 7.80. The maximum absolute atomic E-state index is 14.6. The molecule has 15 nitrogen and oxygen atoms in total. The SMILES string of the molecule is C=CCOC(=O)C(N1C(=O)[C@H](C(C)C)[C@H]1CC(=O)c1cccc(COC(N)=O)c1)=P(c1ccccc1)(c1ccccc1)c1ccccc1.C=CCOC(=O)C1=C(c2cccc(COC(N)=O)c2)C[C@@H]2[C@@H](C(C)C)C(=O)N12. The van der Waals surface area contributed by atoms with E-state index in [1.807, 2.05) is 137 Å². The molecule has 5 aromatic rings. The Labute approximate surface area is 443 Å². The molecule has 0 unspecified atom stereocenters. The molecule has 3 aliphatic rings. The van der Waals surface area contributed by atoms with Crippen LogP contribution in [0.2, 0.25) is 0 Å². The van der Waals surface area contributed by atoms with Crippen LogP contribution < -0.4 is 27.4 Å². The van der Waals surface area contributed by atoms with E-state index in [0.717, 1.165) is 32.6 Å². The first-order valence-corrected chi connectivity index (χ1v) is 26.8. The third kappa shape index (κ3) is 11.6. The first-order valence-electron chi connectivity index (χ1n) is 25.0. The van der Waals surface area contributed by atoms with Crippen molar-refractivity contribution in [3.8, 4) is 0 Å². The summed E-state index contributed by atoms with van der Waals surface area (Å²) in [5.74, 6) is -2.21. The number of hydrogen-bond donors (Lipinski definition) is 2. The number of fused-ring (bicyclic) bond motifs is 1. The van der Waals surface area contributed by atoms with Crippen LogP contribution in [-0.4, -0.2) is 82.2 Å². The summed E-state index contributed by atoms with van der Waals surface area (Å²) >= 11 is 0. The normalized spacial score (nSPS) is 17.6. The highest BCUT2D eigenvalue weighted by molar-refractivity contribution is 7.96. The molecule has 76 heavy (non-hydrogen) atoms. The molecule has 5 aromatic carbocycles. The van der Waals surface area contributed by atoms with Crippen molar-refractivity contribution in [1.82, 2.24) is 9.80 Å². The molecule has 0 spiro atoms. The molecule has 0 bridgehead atoms. The second kappa shape index (κ2) is 24.8. The largest absolute Gasteiger partial charge is 0.457 e. The van der Waals surface area contributed by atoms with E-state index < -0.39 is 43.0 Å². The fourth-order valence-corrected chi connectivity index (χ4v) is 14.8. The predicted molar refractivity (Wildman–Crippen MR) is 293 cm³/mol. The van der Waals surface area contributed by atoms with Gasteiger partial charge in [-0.2, -0.15) is 0 Å². The smallest absolute Gasteiger partial charge is 0.404 e. The number of amides is 4. The molecule has 2 saturated heterocycles. The molecule has 0 aromatic heterocycles. The number of ketones is 1. The topological polar surface area (TPSA) is 215 Å². The van der Waals surface area contributed by atoms with Crippen LogP contribution in [0.3, 0.4) is 0 Å². The van der Waals surface area contributed by atoms with Crippen LogP contribution in [-0.2, 0) is 51.3 Å². The molecule has 394 valence electrons. The average molecular weight is 1050 g/mol. The number of carbonyl (C=O) groups excluding carboxylic acids is 7. The van der Waals surface area contributed by atoms with Crippen LogP contribution in [0, 0.1) is 23.7 Å². The van der Waals surface area contributed by atoms with E-state index >= 15 is 0 Å². The van der Waals surface area contributed by atoms with Gasteiger partial charge in [0.15, 0.2) is 5.78 Å². The van der Waals surface area contributed by atoms with Crippen LogP contribution in [0.4, 0.5) is 9.59 Å². The van der Waals surface area contributed by atoms with Gasteiger partial charge in [-0.15, -0.1) is 0 Å². The maximum atomic E-state index is 14.6. The van der Waals surface area contributed by atoms with E-state index in [-0.39, 0.29) is 79.7 Å². The Hall–Kier alpha value is -8.29. The molecule has 8 rings (SSSR count). The van der Waals surface area contributed by atoms with Crippen molar-refractivity contribution in [3.63, 3.8) is 0 Å². The van der Waals surface area contributed by atoms with E-state index in [0.29, 0.717) is 23.2 Å². The summed E-state index contributed by atoms with van der Waals surface area (Å²) in [7, 11) is 0. The fourth-order valence-electron chi connectivity index (χ4n) is 10.4. The van der Waals surface area contributed by atoms with Gasteiger partial charge in [-0.25, -0.2) is 19.2 Å². The van der Waals surface area contributed by atoms with Crippen molar-refractivity contribution in [2.75, 3.05) is 13.2 Å². The molecule has 4 amide bonds. The Kier molecular flexibility index (Phi) is 18.1. The zero-order valence-corrected chi connectivity index (χ0v) is 43.9. The van der Waals surface area contributed by atoms with Gasteiger partial charge in [0.05, 0.1) is 23.9 Å². The van der Waals surface area contributed by atoms with Crippen molar-refractivity contribution in [1.29, 1.82) is 0 Å². The number of hydrogen-bond acceptors (Lipinski definition) is 11. The minimum atomic E-state index is -3.11. The van der Waals surface area contributed by atoms with Gasteiger partial charge in [-0.1, -0.05) is 180 Å². The highest BCUT2D eigenvalue weighted by atomic mass is 31.2. The van der Waals surface area contributed by atoms with Crippen LogP contribution >= 0.6 is 6.89 Å². The monoisotopic (exact) mass is 1050 g/mol. The minimum Gasteiger partial charge on any atom is -0.457 e. The third-order valence-electron chi connectivity index (χ3n) is 13.6. The number of Topliss-reactive ketones (excluding diaryl/α,β-unsaturated/α-hetero) is 1. The Morgan fingerprint density at radius 3 is 1.63 bits per heavy atom. The lowest BCUT2D eigenvalue weighted by molar-refractivity contribution is -0.158. The lowest BCUT2D eigenvalue weighted by Crippen LogP contribution is -2.67.